The lowest BCUT2D eigenvalue weighted by Crippen LogP contribution is -2.54. The molecule has 3 N–H and O–H groups in total. The van der Waals surface area contributed by atoms with Gasteiger partial charge in [-0.15, -0.1) is 0 Å². The molecule has 5 nitrogen and oxygen atoms in total. The molecule has 19 heavy (non-hydrogen) atoms. The number of hydrogen-bond acceptors (Lipinski definition) is 4. The summed E-state index contributed by atoms with van der Waals surface area (Å²) in [5.41, 5.74) is 5.14. The fourth-order valence-electron chi connectivity index (χ4n) is 2.91. The average molecular weight is 286 g/mol. The van der Waals surface area contributed by atoms with E-state index in [0.717, 1.165) is 12.8 Å². The molecule has 6 heteroatoms. The number of nitrogens with two attached hydrogens (primary N) is 1. The topological polar surface area (TPSA) is 75.8 Å². The zero-order chi connectivity index (χ0) is 13.9. The number of hydrogen-bond donors (Lipinski definition) is 2. The number of rotatable bonds is 3. The lowest BCUT2D eigenvalue weighted by atomic mass is 9.78. The van der Waals surface area contributed by atoms with Gasteiger partial charge in [0.1, 0.15) is 5.41 Å². The molecule has 0 aliphatic carbocycles. The number of carbonyl (C=O) groups is 1. The Hall–Kier alpha value is -0.720. The highest BCUT2D eigenvalue weighted by Gasteiger charge is 2.45. The summed E-state index contributed by atoms with van der Waals surface area (Å²) < 4.78 is 5.33. The predicted octanol–water partition coefficient (Wildman–Crippen LogP) is 0.300. The Bertz CT molecular complexity index is 348. The molecule has 1 amide bonds. The quantitative estimate of drug-likeness (QED) is 0.730. The van der Waals surface area contributed by atoms with Gasteiger partial charge in [0.15, 0.2) is 0 Å². The molecular weight excluding hydrogens is 264 g/mol. The Morgan fingerprint density at radius 3 is 2.42 bits per heavy atom. The highest BCUT2D eigenvalue weighted by Crippen LogP contribution is 2.34. The van der Waals surface area contributed by atoms with Crippen LogP contribution in [0.5, 0.6) is 0 Å². The van der Waals surface area contributed by atoms with Gasteiger partial charge in [-0.2, -0.15) is 0 Å². The summed E-state index contributed by atoms with van der Waals surface area (Å²) in [4.78, 5) is 14.9. The van der Waals surface area contributed by atoms with Crippen molar-refractivity contribution in [1.82, 2.24) is 4.90 Å². The molecule has 0 radical (unpaired) electrons. The van der Waals surface area contributed by atoms with Crippen molar-refractivity contribution in [2.45, 2.75) is 25.7 Å². The Kier molecular flexibility index (Phi) is 4.76. The summed E-state index contributed by atoms with van der Waals surface area (Å²) in [6.45, 7) is 2.66. The third-order valence-electron chi connectivity index (χ3n) is 4.39. The van der Waals surface area contributed by atoms with E-state index in [-0.39, 0.29) is 12.5 Å². The van der Waals surface area contributed by atoms with Crippen molar-refractivity contribution >= 4 is 23.1 Å². The van der Waals surface area contributed by atoms with E-state index in [1.54, 1.807) is 0 Å². The molecule has 0 atom stereocenters. The fourth-order valence-corrected chi connectivity index (χ4v) is 3.20. The number of carbonyl (C=O) groups excluding carboxylic acids is 1. The van der Waals surface area contributed by atoms with Gasteiger partial charge >= 0.3 is 0 Å². The third kappa shape index (κ3) is 2.90. The number of amides is 1. The third-order valence-corrected chi connectivity index (χ3v) is 4.78. The molecule has 0 aromatic carbocycles. The molecule has 2 saturated heterocycles. The maximum atomic E-state index is 12.8. The summed E-state index contributed by atoms with van der Waals surface area (Å²) in [6, 6.07) is 0. The van der Waals surface area contributed by atoms with Crippen LogP contribution >= 0.6 is 12.2 Å². The van der Waals surface area contributed by atoms with Gasteiger partial charge in [-0.05, 0) is 31.6 Å². The van der Waals surface area contributed by atoms with Gasteiger partial charge in [0, 0.05) is 32.9 Å². The summed E-state index contributed by atoms with van der Waals surface area (Å²) in [6.07, 6.45) is 2.88. The zero-order valence-electron chi connectivity index (χ0n) is 11.1. The van der Waals surface area contributed by atoms with Crippen LogP contribution < -0.4 is 5.73 Å². The summed E-state index contributed by atoms with van der Waals surface area (Å²) in [7, 11) is 0. The molecule has 0 spiro atoms. The van der Waals surface area contributed by atoms with E-state index in [0.29, 0.717) is 50.1 Å². The number of piperidine rings is 1. The molecule has 2 rings (SSSR count). The van der Waals surface area contributed by atoms with Gasteiger partial charge in [-0.1, -0.05) is 12.2 Å². The first-order valence-electron chi connectivity index (χ1n) is 6.88. The van der Waals surface area contributed by atoms with Gasteiger partial charge in [-0.3, -0.25) is 4.79 Å². The van der Waals surface area contributed by atoms with Crippen molar-refractivity contribution in [2.24, 2.45) is 17.1 Å². The summed E-state index contributed by atoms with van der Waals surface area (Å²) in [5, 5.41) is 9.14. The van der Waals surface area contributed by atoms with Crippen molar-refractivity contribution < 1.29 is 14.6 Å². The van der Waals surface area contributed by atoms with Crippen molar-refractivity contribution in [1.29, 1.82) is 0 Å². The maximum absolute atomic E-state index is 12.8. The maximum Gasteiger partial charge on any atom is 0.235 e. The van der Waals surface area contributed by atoms with E-state index in [4.69, 9.17) is 27.8 Å². The highest BCUT2D eigenvalue weighted by molar-refractivity contribution is 7.80. The molecule has 2 aliphatic heterocycles. The van der Waals surface area contributed by atoms with Gasteiger partial charge in [0.05, 0.1) is 4.99 Å². The Morgan fingerprint density at radius 1 is 1.37 bits per heavy atom. The van der Waals surface area contributed by atoms with Crippen LogP contribution in [-0.4, -0.2) is 53.8 Å². The van der Waals surface area contributed by atoms with Crippen molar-refractivity contribution in [3.05, 3.63) is 0 Å². The number of aliphatic hydroxyl groups excluding tert-OH is 1. The SMILES string of the molecule is NC(=S)C1(C(=O)N2CCC(CO)CC2)CCOCC1. The van der Waals surface area contributed by atoms with E-state index in [9.17, 15) is 4.79 Å². The molecule has 0 aromatic heterocycles. The second-order valence-electron chi connectivity index (χ2n) is 5.48. The zero-order valence-corrected chi connectivity index (χ0v) is 12.0. The van der Waals surface area contributed by atoms with Gasteiger partial charge < -0.3 is 20.5 Å². The molecule has 0 saturated carbocycles. The molecule has 108 valence electrons. The number of likely N-dealkylation sites (tertiary alicyclic amines) is 1. The number of ether oxygens (including phenoxy) is 1. The van der Waals surface area contributed by atoms with E-state index >= 15 is 0 Å². The Balaban J connectivity index is 2.06. The Morgan fingerprint density at radius 2 is 1.95 bits per heavy atom. The molecular formula is C13H22N2O3S. The van der Waals surface area contributed by atoms with Crippen LogP contribution in [0, 0.1) is 11.3 Å². The van der Waals surface area contributed by atoms with Gasteiger partial charge in [0.2, 0.25) is 5.91 Å². The second kappa shape index (κ2) is 6.15. The average Bonchev–Trinajstić information content (AvgIpc) is 2.47. The van der Waals surface area contributed by atoms with Gasteiger partial charge in [0.25, 0.3) is 0 Å². The van der Waals surface area contributed by atoms with Crippen LogP contribution in [-0.2, 0) is 9.53 Å². The first-order chi connectivity index (χ1) is 9.10. The lowest BCUT2D eigenvalue weighted by molar-refractivity contribution is -0.144. The van der Waals surface area contributed by atoms with E-state index in [2.05, 4.69) is 0 Å². The standard InChI is InChI=1S/C13H22N2O3S/c14-11(19)13(3-7-18-8-4-13)12(17)15-5-1-10(9-16)2-6-15/h10,16H,1-9H2,(H2,14,19). The lowest BCUT2D eigenvalue weighted by Gasteiger charge is -2.41. The van der Waals surface area contributed by atoms with E-state index in [1.165, 1.54) is 0 Å². The van der Waals surface area contributed by atoms with Gasteiger partial charge in [-0.25, -0.2) is 0 Å². The van der Waals surface area contributed by atoms with Crippen molar-refractivity contribution in [3.63, 3.8) is 0 Å². The first-order valence-corrected chi connectivity index (χ1v) is 7.29. The van der Waals surface area contributed by atoms with Crippen molar-refractivity contribution in [3.8, 4) is 0 Å². The minimum absolute atomic E-state index is 0.0553. The Labute approximate surface area is 119 Å². The number of aliphatic hydroxyl groups is 1. The molecule has 0 aromatic rings. The van der Waals surface area contributed by atoms with Crippen LogP contribution in [0.4, 0.5) is 0 Å². The second-order valence-corrected chi connectivity index (χ2v) is 5.92. The summed E-state index contributed by atoms with van der Waals surface area (Å²) >= 11 is 5.15. The minimum atomic E-state index is -0.709. The smallest absolute Gasteiger partial charge is 0.235 e. The van der Waals surface area contributed by atoms with Crippen molar-refractivity contribution in [2.75, 3.05) is 32.9 Å². The van der Waals surface area contributed by atoms with Crippen LogP contribution in [0.1, 0.15) is 25.7 Å². The van der Waals surface area contributed by atoms with E-state index < -0.39 is 5.41 Å². The number of thiocarbonyl (C=S) groups is 1. The normalized spacial score (nSPS) is 24.2. The molecule has 2 heterocycles. The minimum Gasteiger partial charge on any atom is -0.396 e. The van der Waals surface area contributed by atoms with E-state index in [1.807, 2.05) is 4.90 Å². The monoisotopic (exact) mass is 286 g/mol. The van der Waals surface area contributed by atoms with Crippen LogP contribution in [0.25, 0.3) is 0 Å². The fraction of sp³-hybridized carbons (Fsp3) is 0.846. The largest absolute Gasteiger partial charge is 0.396 e. The predicted molar refractivity (Wildman–Crippen MR) is 75.7 cm³/mol. The molecule has 0 bridgehead atoms. The molecule has 2 aliphatic rings. The highest BCUT2D eigenvalue weighted by atomic mass is 32.1. The first kappa shape index (κ1) is 14.7. The van der Waals surface area contributed by atoms with Crippen LogP contribution in [0.15, 0.2) is 0 Å². The number of nitrogens with zero attached hydrogens (tertiary/aromatic N) is 1. The molecule has 2 fully saturated rings. The molecule has 0 unspecified atom stereocenters. The van der Waals surface area contributed by atoms with Crippen LogP contribution in [0.3, 0.4) is 0 Å². The summed E-state index contributed by atoms with van der Waals surface area (Å²) in [5.74, 6) is 0.374. The van der Waals surface area contributed by atoms with Crippen LogP contribution in [0.2, 0.25) is 0 Å².